The highest BCUT2D eigenvalue weighted by Gasteiger charge is 2.42. The molecule has 1 heterocycles. The summed E-state index contributed by atoms with van der Waals surface area (Å²) in [5.74, 6) is 0.187. The van der Waals surface area contributed by atoms with Gasteiger partial charge in [0.2, 0.25) is 0 Å². The van der Waals surface area contributed by atoms with E-state index in [4.69, 9.17) is 5.73 Å². The largest absolute Gasteiger partial charge is 0.338 e. The molecule has 1 saturated heterocycles. The standard InChI is InChI=1S/C21H23FN2O.ClH/c1-13-2-4-14(5-3-13)15-6-8-17(19(22)10-15)21(25)24-11-16-7-9-20(23)18(16)12-24;/h2-6,8,10,16,18,20H,7,9,11-12,23H2,1H3;1H. The van der Waals surface area contributed by atoms with E-state index in [1.165, 1.54) is 6.07 Å². The summed E-state index contributed by atoms with van der Waals surface area (Å²) in [6, 6.07) is 13.0. The van der Waals surface area contributed by atoms with Crippen LogP contribution >= 0.6 is 12.4 Å². The Morgan fingerprint density at radius 1 is 1.08 bits per heavy atom. The first-order valence-electron chi connectivity index (χ1n) is 8.94. The summed E-state index contributed by atoms with van der Waals surface area (Å²) in [5.41, 5.74) is 9.19. The van der Waals surface area contributed by atoms with Crippen molar-refractivity contribution in [2.45, 2.75) is 25.8 Å². The smallest absolute Gasteiger partial charge is 0.256 e. The van der Waals surface area contributed by atoms with Crippen LogP contribution in [0.25, 0.3) is 11.1 Å². The van der Waals surface area contributed by atoms with Gasteiger partial charge in [-0.05, 0) is 54.9 Å². The Balaban J connectivity index is 0.00000196. The van der Waals surface area contributed by atoms with Crippen LogP contribution in [0, 0.1) is 24.6 Å². The Morgan fingerprint density at radius 3 is 2.42 bits per heavy atom. The number of halogens is 2. The minimum absolute atomic E-state index is 0. The molecule has 0 bridgehead atoms. The van der Waals surface area contributed by atoms with Crippen LogP contribution in [0.1, 0.15) is 28.8 Å². The van der Waals surface area contributed by atoms with Crippen molar-refractivity contribution in [3.63, 3.8) is 0 Å². The van der Waals surface area contributed by atoms with Crippen molar-refractivity contribution in [2.24, 2.45) is 17.6 Å². The van der Waals surface area contributed by atoms with Crippen molar-refractivity contribution in [1.82, 2.24) is 4.90 Å². The lowest BCUT2D eigenvalue weighted by atomic mass is 9.98. The highest BCUT2D eigenvalue weighted by molar-refractivity contribution is 5.95. The molecule has 0 aromatic heterocycles. The van der Waals surface area contributed by atoms with E-state index >= 15 is 0 Å². The molecule has 5 heteroatoms. The molecule has 138 valence electrons. The van der Waals surface area contributed by atoms with E-state index in [1.54, 1.807) is 11.0 Å². The van der Waals surface area contributed by atoms with E-state index in [0.717, 1.165) is 29.5 Å². The molecule has 2 N–H and O–H groups in total. The average molecular weight is 375 g/mol. The maximum absolute atomic E-state index is 14.6. The molecule has 1 saturated carbocycles. The number of aryl methyl sites for hydroxylation is 1. The van der Waals surface area contributed by atoms with Crippen LogP contribution in [-0.4, -0.2) is 29.9 Å². The number of fused-ring (bicyclic) bond motifs is 1. The fourth-order valence-electron chi connectivity index (χ4n) is 4.26. The van der Waals surface area contributed by atoms with E-state index in [9.17, 15) is 9.18 Å². The number of benzene rings is 2. The normalized spacial score (nSPS) is 24.3. The van der Waals surface area contributed by atoms with Gasteiger partial charge in [0.05, 0.1) is 5.56 Å². The molecule has 3 nitrogen and oxygen atoms in total. The number of carbonyl (C=O) groups is 1. The van der Waals surface area contributed by atoms with Crippen molar-refractivity contribution >= 4 is 18.3 Å². The third-order valence-electron chi connectivity index (χ3n) is 5.78. The number of carbonyl (C=O) groups excluding carboxylic acids is 1. The minimum Gasteiger partial charge on any atom is -0.338 e. The molecule has 2 fully saturated rings. The van der Waals surface area contributed by atoms with Gasteiger partial charge in [0.25, 0.3) is 5.91 Å². The second-order valence-electron chi connectivity index (χ2n) is 7.44. The van der Waals surface area contributed by atoms with E-state index in [2.05, 4.69) is 0 Å². The van der Waals surface area contributed by atoms with Gasteiger partial charge in [-0.2, -0.15) is 0 Å². The van der Waals surface area contributed by atoms with Crippen LogP contribution in [0.2, 0.25) is 0 Å². The molecule has 0 spiro atoms. The maximum Gasteiger partial charge on any atom is 0.256 e. The Kier molecular flexibility index (Phi) is 5.35. The number of nitrogens with zero attached hydrogens (tertiary/aromatic N) is 1. The molecule has 1 aliphatic carbocycles. The van der Waals surface area contributed by atoms with Gasteiger partial charge in [-0.15, -0.1) is 12.4 Å². The third kappa shape index (κ3) is 3.36. The molecule has 2 aromatic carbocycles. The first-order chi connectivity index (χ1) is 12.0. The molecule has 4 rings (SSSR count). The second-order valence-corrected chi connectivity index (χ2v) is 7.44. The van der Waals surface area contributed by atoms with E-state index in [-0.39, 0.29) is 29.9 Å². The Bertz CT molecular complexity index is 808. The molecule has 3 atom stereocenters. The first-order valence-corrected chi connectivity index (χ1v) is 8.94. The average Bonchev–Trinajstić information content (AvgIpc) is 3.17. The van der Waals surface area contributed by atoms with Crippen molar-refractivity contribution in [1.29, 1.82) is 0 Å². The van der Waals surface area contributed by atoms with E-state index in [0.29, 0.717) is 24.9 Å². The van der Waals surface area contributed by atoms with Crippen LogP contribution in [0.3, 0.4) is 0 Å². The fraction of sp³-hybridized carbons (Fsp3) is 0.381. The van der Waals surface area contributed by atoms with Crippen molar-refractivity contribution in [3.8, 4) is 11.1 Å². The molecule has 3 unspecified atom stereocenters. The van der Waals surface area contributed by atoms with Crippen molar-refractivity contribution in [3.05, 3.63) is 59.4 Å². The first kappa shape index (κ1) is 18.9. The lowest BCUT2D eigenvalue weighted by Gasteiger charge is -2.19. The lowest BCUT2D eigenvalue weighted by Crippen LogP contribution is -2.33. The van der Waals surface area contributed by atoms with Gasteiger partial charge in [-0.25, -0.2) is 4.39 Å². The summed E-state index contributed by atoms with van der Waals surface area (Å²) in [7, 11) is 0. The van der Waals surface area contributed by atoms with Gasteiger partial charge < -0.3 is 10.6 Å². The molecular weight excluding hydrogens is 351 g/mol. The van der Waals surface area contributed by atoms with Crippen LogP contribution in [0.15, 0.2) is 42.5 Å². The topological polar surface area (TPSA) is 46.3 Å². The van der Waals surface area contributed by atoms with Crippen LogP contribution in [0.5, 0.6) is 0 Å². The number of nitrogens with two attached hydrogens (primary N) is 1. The van der Waals surface area contributed by atoms with Gasteiger partial charge >= 0.3 is 0 Å². The highest BCUT2D eigenvalue weighted by atomic mass is 35.5. The van der Waals surface area contributed by atoms with Gasteiger partial charge in [-0.3, -0.25) is 4.79 Å². The second kappa shape index (κ2) is 7.37. The maximum atomic E-state index is 14.6. The number of hydrogen-bond donors (Lipinski definition) is 1. The number of likely N-dealkylation sites (tertiary alicyclic amines) is 1. The van der Waals surface area contributed by atoms with Crippen LogP contribution in [0.4, 0.5) is 4.39 Å². The number of hydrogen-bond acceptors (Lipinski definition) is 2. The summed E-state index contributed by atoms with van der Waals surface area (Å²) in [5, 5.41) is 0. The van der Waals surface area contributed by atoms with Crippen LogP contribution in [-0.2, 0) is 0 Å². The van der Waals surface area contributed by atoms with Crippen molar-refractivity contribution < 1.29 is 9.18 Å². The Labute approximate surface area is 159 Å². The summed E-state index contributed by atoms with van der Waals surface area (Å²) in [4.78, 5) is 14.5. The molecule has 0 radical (unpaired) electrons. The Morgan fingerprint density at radius 2 is 1.77 bits per heavy atom. The quantitative estimate of drug-likeness (QED) is 0.862. The predicted molar refractivity (Wildman–Crippen MR) is 104 cm³/mol. The summed E-state index contributed by atoms with van der Waals surface area (Å²) in [6.07, 6.45) is 2.11. The van der Waals surface area contributed by atoms with E-state index in [1.807, 2.05) is 37.3 Å². The number of amides is 1. The van der Waals surface area contributed by atoms with E-state index < -0.39 is 5.82 Å². The Hall–Kier alpha value is -1.91. The van der Waals surface area contributed by atoms with Gasteiger partial charge in [0.1, 0.15) is 5.82 Å². The van der Waals surface area contributed by atoms with Gasteiger partial charge in [0, 0.05) is 19.1 Å². The lowest BCUT2D eigenvalue weighted by molar-refractivity contribution is 0.0775. The number of rotatable bonds is 2. The molecule has 2 aliphatic rings. The molecule has 26 heavy (non-hydrogen) atoms. The molecule has 1 aliphatic heterocycles. The van der Waals surface area contributed by atoms with Crippen LogP contribution < -0.4 is 5.73 Å². The molecule has 2 aromatic rings. The summed E-state index contributed by atoms with van der Waals surface area (Å²) >= 11 is 0. The van der Waals surface area contributed by atoms with Gasteiger partial charge in [0.15, 0.2) is 0 Å². The summed E-state index contributed by atoms with van der Waals surface area (Å²) < 4.78 is 14.6. The zero-order chi connectivity index (χ0) is 17.6. The summed E-state index contributed by atoms with van der Waals surface area (Å²) in [6.45, 7) is 3.38. The van der Waals surface area contributed by atoms with Gasteiger partial charge in [-0.1, -0.05) is 35.9 Å². The minimum atomic E-state index is -0.454. The third-order valence-corrected chi connectivity index (χ3v) is 5.78. The fourth-order valence-corrected chi connectivity index (χ4v) is 4.26. The predicted octanol–water partition coefficient (Wildman–Crippen LogP) is 4.03. The molecular formula is C21H24ClFN2O. The molecule has 1 amide bonds. The highest BCUT2D eigenvalue weighted by Crippen LogP contribution is 2.37. The monoisotopic (exact) mass is 374 g/mol. The zero-order valence-corrected chi connectivity index (χ0v) is 15.6. The van der Waals surface area contributed by atoms with Crippen molar-refractivity contribution in [2.75, 3.05) is 13.1 Å². The SMILES string of the molecule is Cc1ccc(-c2ccc(C(=O)N3CC4CCC(N)C4C3)c(F)c2)cc1.Cl. The zero-order valence-electron chi connectivity index (χ0n) is 14.8.